The van der Waals surface area contributed by atoms with Gasteiger partial charge in [0.25, 0.3) is 5.56 Å². The minimum absolute atomic E-state index is 0.176. The molecular formula is C19H23FN5O3+. The topological polar surface area (TPSA) is 75.5 Å². The molecule has 3 heterocycles. The van der Waals surface area contributed by atoms with E-state index >= 15 is 0 Å². The Bertz CT molecular complexity index is 1140. The molecule has 1 saturated heterocycles. The third kappa shape index (κ3) is 3.16. The van der Waals surface area contributed by atoms with Crippen LogP contribution in [0.15, 0.2) is 33.9 Å². The first-order valence-corrected chi connectivity index (χ1v) is 9.27. The standard InChI is InChI=1S/C19H22FN5O3/c1-22-17-16(18(26)23(2)19(22)27)25(11-13-5-3-4-6-14(13)20)15(21-17)12-24-7-9-28-10-8-24/h3-6H,7-12H2,1-2H3/p+1. The van der Waals surface area contributed by atoms with Crippen LogP contribution in [0, 0.1) is 5.82 Å². The maximum absolute atomic E-state index is 14.3. The van der Waals surface area contributed by atoms with Crippen LogP contribution in [0.1, 0.15) is 11.4 Å². The number of nitrogens with zero attached hydrogens (tertiary/aromatic N) is 4. The number of quaternary nitrogens is 1. The SMILES string of the molecule is Cn1c(=O)c2c(nc(C[NH+]3CCOCC3)n2Cc2ccccc2F)n(C)c1=O. The Balaban J connectivity index is 1.90. The van der Waals surface area contributed by atoms with Gasteiger partial charge in [-0.1, -0.05) is 18.2 Å². The van der Waals surface area contributed by atoms with Crippen molar-refractivity contribution in [3.05, 3.63) is 62.3 Å². The summed E-state index contributed by atoms with van der Waals surface area (Å²) in [7, 11) is 3.04. The first-order chi connectivity index (χ1) is 13.5. The molecule has 8 nitrogen and oxygen atoms in total. The maximum atomic E-state index is 14.3. The van der Waals surface area contributed by atoms with E-state index in [0.29, 0.717) is 42.3 Å². The second kappa shape index (κ2) is 7.33. The van der Waals surface area contributed by atoms with Crippen molar-refractivity contribution in [1.82, 2.24) is 18.7 Å². The molecule has 0 unspecified atom stereocenters. The second-order valence-electron chi connectivity index (χ2n) is 7.12. The monoisotopic (exact) mass is 388 g/mol. The molecule has 0 atom stereocenters. The van der Waals surface area contributed by atoms with Crippen molar-refractivity contribution in [3.63, 3.8) is 0 Å². The number of imidazole rings is 1. The molecule has 0 radical (unpaired) electrons. The number of fused-ring (bicyclic) bond motifs is 1. The van der Waals surface area contributed by atoms with Crippen LogP contribution in [0.5, 0.6) is 0 Å². The van der Waals surface area contributed by atoms with Crippen molar-refractivity contribution in [1.29, 1.82) is 0 Å². The molecule has 4 rings (SSSR count). The van der Waals surface area contributed by atoms with Gasteiger partial charge < -0.3 is 14.2 Å². The van der Waals surface area contributed by atoms with Gasteiger partial charge in [-0.3, -0.25) is 13.9 Å². The van der Waals surface area contributed by atoms with Gasteiger partial charge >= 0.3 is 5.69 Å². The summed E-state index contributed by atoms with van der Waals surface area (Å²) in [6.07, 6.45) is 0. The number of nitrogens with one attached hydrogen (secondary N) is 1. The Labute approximate surface area is 160 Å². The van der Waals surface area contributed by atoms with Crippen molar-refractivity contribution >= 4 is 11.2 Å². The van der Waals surface area contributed by atoms with E-state index in [4.69, 9.17) is 4.74 Å². The predicted octanol–water partition coefficient (Wildman–Crippen LogP) is -0.964. The van der Waals surface area contributed by atoms with Crippen LogP contribution < -0.4 is 16.1 Å². The average molecular weight is 388 g/mol. The molecule has 1 aliphatic rings. The molecule has 0 bridgehead atoms. The molecule has 2 aromatic heterocycles. The molecule has 1 aromatic carbocycles. The van der Waals surface area contributed by atoms with Gasteiger partial charge in [0.1, 0.15) is 25.5 Å². The summed E-state index contributed by atoms with van der Waals surface area (Å²) >= 11 is 0. The highest BCUT2D eigenvalue weighted by atomic mass is 19.1. The van der Waals surface area contributed by atoms with Crippen molar-refractivity contribution in [2.75, 3.05) is 26.3 Å². The number of aromatic nitrogens is 4. The largest absolute Gasteiger partial charge is 0.370 e. The predicted molar refractivity (Wildman–Crippen MR) is 101 cm³/mol. The third-order valence-corrected chi connectivity index (χ3v) is 5.32. The number of morpholine rings is 1. The smallest absolute Gasteiger partial charge is 0.332 e. The van der Waals surface area contributed by atoms with Crippen molar-refractivity contribution in [2.45, 2.75) is 13.1 Å². The van der Waals surface area contributed by atoms with Gasteiger partial charge in [0, 0.05) is 19.7 Å². The Morgan fingerprint density at radius 1 is 1.14 bits per heavy atom. The summed E-state index contributed by atoms with van der Waals surface area (Å²) in [4.78, 5) is 31.1. The zero-order valence-corrected chi connectivity index (χ0v) is 15.9. The molecule has 0 spiro atoms. The van der Waals surface area contributed by atoms with E-state index in [1.807, 2.05) is 0 Å². The second-order valence-corrected chi connectivity index (χ2v) is 7.12. The van der Waals surface area contributed by atoms with E-state index in [1.165, 1.54) is 22.6 Å². The first-order valence-electron chi connectivity index (χ1n) is 9.27. The van der Waals surface area contributed by atoms with Crippen molar-refractivity contribution in [3.8, 4) is 0 Å². The van der Waals surface area contributed by atoms with E-state index < -0.39 is 11.2 Å². The van der Waals surface area contributed by atoms with Gasteiger partial charge in [-0.2, -0.15) is 0 Å². The normalized spacial score (nSPS) is 15.4. The highest BCUT2D eigenvalue weighted by Crippen LogP contribution is 2.15. The van der Waals surface area contributed by atoms with E-state index in [2.05, 4.69) is 4.98 Å². The quantitative estimate of drug-likeness (QED) is 0.625. The highest BCUT2D eigenvalue weighted by Gasteiger charge is 2.24. The Morgan fingerprint density at radius 2 is 1.86 bits per heavy atom. The summed E-state index contributed by atoms with van der Waals surface area (Å²) in [6, 6.07) is 6.48. The zero-order valence-electron chi connectivity index (χ0n) is 15.9. The fraction of sp³-hybridized carbons (Fsp3) is 0.421. The molecule has 1 fully saturated rings. The lowest BCUT2D eigenvalue weighted by Crippen LogP contribution is -3.12. The van der Waals surface area contributed by atoms with E-state index in [9.17, 15) is 14.0 Å². The summed E-state index contributed by atoms with van der Waals surface area (Å²) < 4.78 is 23.9. The van der Waals surface area contributed by atoms with Gasteiger partial charge in [0.2, 0.25) is 0 Å². The van der Waals surface area contributed by atoms with Crippen LogP contribution in [-0.2, 0) is 31.9 Å². The minimum atomic E-state index is -0.432. The molecule has 28 heavy (non-hydrogen) atoms. The number of rotatable bonds is 4. The Hall–Kier alpha value is -2.78. The molecule has 0 aliphatic carbocycles. The molecule has 0 saturated carbocycles. The van der Waals surface area contributed by atoms with Crippen LogP contribution in [-0.4, -0.2) is 45.0 Å². The van der Waals surface area contributed by atoms with E-state index in [-0.39, 0.29) is 12.4 Å². The van der Waals surface area contributed by atoms with Gasteiger partial charge in [-0.15, -0.1) is 0 Å². The first kappa shape index (κ1) is 18.6. The Morgan fingerprint density at radius 3 is 2.57 bits per heavy atom. The highest BCUT2D eigenvalue weighted by molar-refractivity contribution is 5.71. The molecule has 1 aliphatic heterocycles. The molecule has 148 valence electrons. The lowest BCUT2D eigenvalue weighted by Gasteiger charge is -2.23. The summed E-state index contributed by atoms with van der Waals surface area (Å²) in [5.41, 5.74) is 0.252. The molecule has 3 aromatic rings. The molecule has 0 amide bonds. The fourth-order valence-electron chi connectivity index (χ4n) is 3.65. The van der Waals surface area contributed by atoms with Gasteiger partial charge in [0.15, 0.2) is 17.0 Å². The maximum Gasteiger partial charge on any atom is 0.332 e. The number of hydrogen-bond acceptors (Lipinski definition) is 4. The zero-order chi connectivity index (χ0) is 19.8. The van der Waals surface area contributed by atoms with Crippen LogP contribution in [0.25, 0.3) is 11.2 Å². The summed E-state index contributed by atoms with van der Waals surface area (Å²) in [5, 5.41) is 0. The van der Waals surface area contributed by atoms with Crippen LogP contribution in [0.3, 0.4) is 0 Å². The van der Waals surface area contributed by atoms with Crippen LogP contribution in [0.4, 0.5) is 4.39 Å². The van der Waals surface area contributed by atoms with Crippen molar-refractivity contribution < 1.29 is 14.0 Å². The van der Waals surface area contributed by atoms with Gasteiger partial charge in [0.05, 0.1) is 19.8 Å². The average Bonchev–Trinajstić information content (AvgIpc) is 3.05. The minimum Gasteiger partial charge on any atom is -0.370 e. The number of hydrogen-bond donors (Lipinski definition) is 1. The molecule has 1 N–H and O–H groups in total. The van der Waals surface area contributed by atoms with E-state index in [1.54, 1.807) is 29.8 Å². The number of benzene rings is 1. The Kier molecular flexibility index (Phi) is 4.86. The fourth-order valence-corrected chi connectivity index (χ4v) is 3.65. The molecule has 9 heteroatoms. The summed E-state index contributed by atoms with van der Waals surface area (Å²) in [5.74, 6) is 0.323. The van der Waals surface area contributed by atoms with Crippen molar-refractivity contribution in [2.24, 2.45) is 14.1 Å². The van der Waals surface area contributed by atoms with Crippen LogP contribution >= 0.6 is 0 Å². The third-order valence-electron chi connectivity index (χ3n) is 5.32. The number of aryl methyl sites for hydroxylation is 1. The number of ether oxygens (including phenoxy) is 1. The molecular weight excluding hydrogens is 365 g/mol. The van der Waals surface area contributed by atoms with Gasteiger partial charge in [-0.25, -0.2) is 14.2 Å². The lowest BCUT2D eigenvalue weighted by atomic mass is 10.2. The van der Waals surface area contributed by atoms with E-state index in [0.717, 1.165) is 17.7 Å². The lowest BCUT2D eigenvalue weighted by molar-refractivity contribution is -0.922. The van der Waals surface area contributed by atoms with Gasteiger partial charge in [-0.05, 0) is 6.07 Å². The summed E-state index contributed by atoms with van der Waals surface area (Å²) in [6.45, 7) is 3.76. The van der Waals surface area contributed by atoms with Crippen LogP contribution in [0.2, 0.25) is 0 Å². The number of halogens is 1.